The summed E-state index contributed by atoms with van der Waals surface area (Å²) >= 11 is 0. The summed E-state index contributed by atoms with van der Waals surface area (Å²) < 4.78 is 29.6. The zero-order chi connectivity index (χ0) is 16.1. The maximum atomic E-state index is 12.9. The van der Waals surface area contributed by atoms with Crippen LogP contribution in [0.5, 0.6) is 5.75 Å². The number of ether oxygens (including phenoxy) is 1. The van der Waals surface area contributed by atoms with Gasteiger partial charge in [0.15, 0.2) is 15.6 Å². The van der Waals surface area contributed by atoms with Crippen molar-refractivity contribution in [3.8, 4) is 5.75 Å². The number of carbonyl (C=O) groups is 1. The van der Waals surface area contributed by atoms with Gasteiger partial charge in [-0.1, -0.05) is 0 Å². The molecule has 120 valence electrons. The summed E-state index contributed by atoms with van der Waals surface area (Å²) in [6, 6.07) is 3.74. The number of sulfone groups is 1. The van der Waals surface area contributed by atoms with Gasteiger partial charge in [-0.2, -0.15) is 0 Å². The number of aryl methyl sites for hydroxylation is 2. The molecule has 2 unspecified atom stereocenters. The largest absolute Gasteiger partial charge is 0.497 e. The second-order valence-electron chi connectivity index (χ2n) is 6.58. The predicted octanol–water partition coefficient (Wildman–Crippen LogP) is 2.85. The van der Waals surface area contributed by atoms with Crippen LogP contribution >= 0.6 is 0 Å². The lowest BCUT2D eigenvalue weighted by Gasteiger charge is -2.27. The third kappa shape index (κ3) is 2.35. The Morgan fingerprint density at radius 2 is 1.59 bits per heavy atom. The highest BCUT2D eigenvalue weighted by atomic mass is 32.2. The van der Waals surface area contributed by atoms with Crippen molar-refractivity contribution in [2.45, 2.75) is 50.0 Å². The first kappa shape index (κ1) is 15.5. The van der Waals surface area contributed by atoms with E-state index in [0.29, 0.717) is 12.8 Å². The number of hydrogen-bond donors (Lipinski definition) is 0. The van der Waals surface area contributed by atoms with E-state index >= 15 is 0 Å². The molecule has 3 rings (SSSR count). The van der Waals surface area contributed by atoms with E-state index in [-0.39, 0.29) is 22.2 Å². The Morgan fingerprint density at radius 1 is 1.09 bits per heavy atom. The SMILES string of the molecule is COc1cc(C)c(C(=O)C2CC3CCC(C2)S3(=O)=O)c(C)c1. The number of methoxy groups -OCH3 is 1. The average Bonchev–Trinajstić information content (AvgIpc) is 2.66. The minimum atomic E-state index is -2.98. The maximum absolute atomic E-state index is 12.9. The Balaban J connectivity index is 1.90. The first-order chi connectivity index (χ1) is 10.3. The lowest BCUT2D eigenvalue weighted by Crippen LogP contribution is -2.36. The first-order valence-electron chi connectivity index (χ1n) is 7.76. The molecular formula is C17H22O4S. The van der Waals surface area contributed by atoms with E-state index in [1.165, 1.54) is 0 Å². The molecule has 2 saturated heterocycles. The topological polar surface area (TPSA) is 60.4 Å². The Kier molecular flexibility index (Phi) is 3.79. The fourth-order valence-corrected chi connectivity index (χ4v) is 6.53. The molecule has 1 aromatic carbocycles. The number of hydrogen-bond acceptors (Lipinski definition) is 4. The van der Waals surface area contributed by atoms with E-state index in [4.69, 9.17) is 4.74 Å². The lowest BCUT2D eigenvalue weighted by molar-refractivity contribution is 0.0904. The predicted molar refractivity (Wildman–Crippen MR) is 85.3 cm³/mol. The molecular weight excluding hydrogens is 300 g/mol. The van der Waals surface area contributed by atoms with Crippen LogP contribution in [0.3, 0.4) is 0 Å². The molecule has 4 nitrogen and oxygen atoms in total. The molecule has 2 atom stereocenters. The fourth-order valence-electron chi connectivity index (χ4n) is 4.06. The summed E-state index contributed by atoms with van der Waals surface area (Å²) in [5, 5.41) is -0.613. The molecule has 0 N–H and O–H groups in total. The van der Waals surface area contributed by atoms with Gasteiger partial charge in [0.05, 0.1) is 17.6 Å². The van der Waals surface area contributed by atoms with Gasteiger partial charge in [0.25, 0.3) is 0 Å². The van der Waals surface area contributed by atoms with Gasteiger partial charge in [-0.3, -0.25) is 4.79 Å². The zero-order valence-corrected chi connectivity index (χ0v) is 14.1. The number of ketones is 1. The molecule has 0 saturated carbocycles. The molecule has 0 aliphatic carbocycles. The van der Waals surface area contributed by atoms with Gasteiger partial charge in [0.1, 0.15) is 5.75 Å². The third-order valence-electron chi connectivity index (χ3n) is 5.19. The smallest absolute Gasteiger partial charge is 0.166 e. The molecule has 0 amide bonds. The molecule has 2 aliphatic rings. The van der Waals surface area contributed by atoms with Crippen LogP contribution in [0.4, 0.5) is 0 Å². The highest BCUT2D eigenvalue weighted by Gasteiger charge is 2.48. The number of fused-ring (bicyclic) bond motifs is 2. The third-order valence-corrected chi connectivity index (χ3v) is 7.91. The molecule has 0 radical (unpaired) electrons. The van der Waals surface area contributed by atoms with Gasteiger partial charge in [-0.15, -0.1) is 0 Å². The second kappa shape index (κ2) is 5.37. The average molecular weight is 322 g/mol. The van der Waals surface area contributed by atoms with Crippen LogP contribution in [0.2, 0.25) is 0 Å². The lowest BCUT2D eigenvalue weighted by atomic mass is 9.86. The van der Waals surface area contributed by atoms with Crippen molar-refractivity contribution in [3.05, 3.63) is 28.8 Å². The second-order valence-corrected chi connectivity index (χ2v) is 9.09. The van der Waals surface area contributed by atoms with Crippen LogP contribution in [-0.4, -0.2) is 31.8 Å². The van der Waals surface area contributed by atoms with Gasteiger partial charge >= 0.3 is 0 Å². The van der Waals surface area contributed by atoms with E-state index in [1.54, 1.807) is 7.11 Å². The maximum Gasteiger partial charge on any atom is 0.166 e. The van der Waals surface area contributed by atoms with Crippen molar-refractivity contribution in [2.75, 3.05) is 7.11 Å². The van der Waals surface area contributed by atoms with E-state index in [2.05, 4.69) is 0 Å². The number of carbonyl (C=O) groups excluding carboxylic acids is 1. The van der Waals surface area contributed by atoms with Crippen LogP contribution < -0.4 is 4.74 Å². The molecule has 2 heterocycles. The van der Waals surface area contributed by atoms with Crippen molar-refractivity contribution >= 4 is 15.6 Å². The summed E-state index contributed by atoms with van der Waals surface area (Å²) in [6.07, 6.45) is 2.42. The Bertz CT molecular complexity index is 677. The first-order valence-corrected chi connectivity index (χ1v) is 9.37. The summed E-state index contributed by atoms with van der Waals surface area (Å²) in [7, 11) is -1.37. The van der Waals surface area contributed by atoms with E-state index in [1.807, 2.05) is 26.0 Å². The van der Waals surface area contributed by atoms with Crippen molar-refractivity contribution < 1.29 is 17.9 Å². The van der Waals surface area contributed by atoms with Crippen LogP contribution in [-0.2, 0) is 9.84 Å². The standard InChI is InChI=1S/C17H22O4S/c1-10-6-13(21-3)7-11(2)16(10)17(18)12-8-14-4-5-15(9-12)22(14,19)20/h6-7,12,14-15H,4-5,8-9H2,1-3H3. The minimum Gasteiger partial charge on any atom is -0.497 e. The van der Waals surface area contributed by atoms with Gasteiger partial charge in [-0.25, -0.2) is 8.42 Å². The van der Waals surface area contributed by atoms with Gasteiger partial charge in [0, 0.05) is 11.5 Å². The molecule has 0 aromatic heterocycles. The normalized spacial score (nSPS) is 29.3. The van der Waals surface area contributed by atoms with Gasteiger partial charge < -0.3 is 4.74 Å². The fraction of sp³-hybridized carbons (Fsp3) is 0.588. The van der Waals surface area contributed by atoms with Crippen LogP contribution in [0.15, 0.2) is 12.1 Å². The quantitative estimate of drug-likeness (QED) is 0.803. The Morgan fingerprint density at radius 3 is 2.05 bits per heavy atom. The number of benzene rings is 1. The number of rotatable bonds is 3. The van der Waals surface area contributed by atoms with E-state index in [0.717, 1.165) is 35.3 Å². The van der Waals surface area contributed by atoms with Crippen molar-refractivity contribution in [1.29, 1.82) is 0 Å². The van der Waals surface area contributed by atoms with Crippen LogP contribution in [0.1, 0.15) is 47.2 Å². The van der Waals surface area contributed by atoms with Crippen molar-refractivity contribution in [1.82, 2.24) is 0 Å². The number of Topliss-reactive ketones (excluding diaryl/α,β-unsaturated/α-hetero) is 1. The summed E-state index contributed by atoms with van der Waals surface area (Å²) in [5.74, 6) is 0.689. The summed E-state index contributed by atoms with van der Waals surface area (Å²) in [6.45, 7) is 3.83. The minimum absolute atomic E-state index is 0.101. The van der Waals surface area contributed by atoms with Crippen LogP contribution in [0.25, 0.3) is 0 Å². The highest BCUT2D eigenvalue weighted by Crippen LogP contribution is 2.42. The summed E-state index contributed by atoms with van der Waals surface area (Å²) in [4.78, 5) is 12.9. The van der Waals surface area contributed by atoms with Crippen molar-refractivity contribution in [3.63, 3.8) is 0 Å². The molecule has 1 aromatic rings. The molecule has 5 heteroatoms. The monoisotopic (exact) mass is 322 g/mol. The molecule has 2 fully saturated rings. The molecule has 0 spiro atoms. The molecule has 2 aliphatic heterocycles. The van der Waals surface area contributed by atoms with Gasteiger partial charge in [0.2, 0.25) is 0 Å². The molecule has 2 bridgehead atoms. The van der Waals surface area contributed by atoms with E-state index < -0.39 is 9.84 Å². The van der Waals surface area contributed by atoms with Gasteiger partial charge in [-0.05, 0) is 62.8 Å². The Hall–Kier alpha value is -1.36. The zero-order valence-electron chi connectivity index (χ0n) is 13.3. The molecule has 22 heavy (non-hydrogen) atoms. The summed E-state index contributed by atoms with van der Waals surface area (Å²) in [5.41, 5.74) is 2.55. The van der Waals surface area contributed by atoms with Crippen molar-refractivity contribution in [2.24, 2.45) is 5.92 Å². The van der Waals surface area contributed by atoms with E-state index in [9.17, 15) is 13.2 Å². The highest BCUT2D eigenvalue weighted by molar-refractivity contribution is 7.93. The van der Waals surface area contributed by atoms with Crippen LogP contribution in [0, 0.1) is 19.8 Å². The Labute approximate surface area is 131 Å².